The highest BCUT2D eigenvalue weighted by molar-refractivity contribution is 5.34. The molecular weight excluding hydrogens is 233 g/mol. The van der Waals surface area contributed by atoms with E-state index in [9.17, 15) is 4.39 Å². The lowest BCUT2D eigenvalue weighted by Gasteiger charge is -2.20. The van der Waals surface area contributed by atoms with Gasteiger partial charge in [-0.2, -0.15) is 0 Å². The number of benzene rings is 1. The fourth-order valence-corrected chi connectivity index (χ4v) is 2.09. The minimum absolute atomic E-state index is 0.0853. The van der Waals surface area contributed by atoms with Crippen molar-refractivity contribution >= 4 is 0 Å². The fourth-order valence-electron chi connectivity index (χ4n) is 2.09. The lowest BCUT2D eigenvalue weighted by atomic mass is 10.0. The number of hydrogen-bond donors (Lipinski definition) is 1. The molecule has 3 nitrogen and oxygen atoms in total. The summed E-state index contributed by atoms with van der Waals surface area (Å²) in [5.41, 5.74) is 0.850. The standard InChI is InChI=1S/C14H18FNO2/c1-3-16-14(13-5-4-8-18-13)10-6-7-12(17-2)11(15)9-10/h5-7,9,14,16H,3-4,8H2,1-2H3. The minimum Gasteiger partial charge on any atom is -0.496 e. The van der Waals surface area contributed by atoms with E-state index in [1.807, 2.05) is 13.0 Å². The summed E-state index contributed by atoms with van der Waals surface area (Å²) in [6, 6.07) is 4.91. The first-order valence-electron chi connectivity index (χ1n) is 6.16. The lowest BCUT2D eigenvalue weighted by Crippen LogP contribution is -2.23. The molecule has 0 spiro atoms. The van der Waals surface area contributed by atoms with E-state index in [2.05, 4.69) is 11.4 Å². The van der Waals surface area contributed by atoms with Crippen molar-refractivity contribution < 1.29 is 13.9 Å². The van der Waals surface area contributed by atoms with Crippen LogP contribution in [-0.2, 0) is 4.74 Å². The third kappa shape index (κ3) is 2.64. The summed E-state index contributed by atoms with van der Waals surface area (Å²) in [5.74, 6) is 0.785. The predicted octanol–water partition coefficient (Wildman–Crippen LogP) is 2.79. The first kappa shape index (κ1) is 12.9. The molecule has 98 valence electrons. The van der Waals surface area contributed by atoms with Crippen molar-refractivity contribution in [2.24, 2.45) is 0 Å². The van der Waals surface area contributed by atoms with Crippen LogP contribution in [0.15, 0.2) is 30.0 Å². The maximum absolute atomic E-state index is 13.7. The second kappa shape index (κ2) is 5.87. The summed E-state index contributed by atoms with van der Waals surface area (Å²) >= 11 is 0. The molecule has 0 aromatic heterocycles. The van der Waals surface area contributed by atoms with Crippen LogP contribution in [0.3, 0.4) is 0 Å². The Bertz CT molecular complexity index is 445. The Labute approximate surface area is 107 Å². The Morgan fingerprint density at radius 2 is 2.33 bits per heavy atom. The largest absolute Gasteiger partial charge is 0.496 e. The molecule has 1 aromatic rings. The van der Waals surface area contributed by atoms with Gasteiger partial charge < -0.3 is 14.8 Å². The van der Waals surface area contributed by atoms with Crippen molar-refractivity contribution in [3.63, 3.8) is 0 Å². The molecule has 1 heterocycles. The summed E-state index contributed by atoms with van der Waals surface area (Å²) in [4.78, 5) is 0. The molecule has 18 heavy (non-hydrogen) atoms. The van der Waals surface area contributed by atoms with Crippen LogP contribution in [0.5, 0.6) is 5.75 Å². The van der Waals surface area contributed by atoms with E-state index >= 15 is 0 Å². The van der Waals surface area contributed by atoms with E-state index in [-0.39, 0.29) is 17.6 Å². The Hall–Kier alpha value is -1.55. The van der Waals surface area contributed by atoms with Crippen molar-refractivity contribution in [3.05, 3.63) is 41.4 Å². The summed E-state index contributed by atoms with van der Waals surface area (Å²) in [6.07, 6.45) is 2.96. The summed E-state index contributed by atoms with van der Waals surface area (Å²) in [7, 11) is 1.46. The van der Waals surface area contributed by atoms with Gasteiger partial charge in [0.05, 0.1) is 19.8 Å². The molecule has 0 bridgehead atoms. The normalized spacial score (nSPS) is 16.1. The zero-order valence-electron chi connectivity index (χ0n) is 10.7. The van der Waals surface area contributed by atoms with Crippen LogP contribution in [-0.4, -0.2) is 20.3 Å². The third-order valence-electron chi connectivity index (χ3n) is 2.93. The van der Waals surface area contributed by atoms with Crippen molar-refractivity contribution in [2.45, 2.75) is 19.4 Å². The van der Waals surface area contributed by atoms with Crippen LogP contribution in [0.2, 0.25) is 0 Å². The van der Waals surface area contributed by atoms with E-state index < -0.39 is 0 Å². The predicted molar refractivity (Wildman–Crippen MR) is 68.0 cm³/mol. The van der Waals surface area contributed by atoms with E-state index in [0.29, 0.717) is 6.61 Å². The Morgan fingerprint density at radius 3 is 2.89 bits per heavy atom. The van der Waals surface area contributed by atoms with Gasteiger partial charge in [0.2, 0.25) is 0 Å². The van der Waals surface area contributed by atoms with Gasteiger partial charge in [-0.25, -0.2) is 4.39 Å². The van der Waals surface area contributed by atoms with Crippen LogP contribution < -0.4 is 10.1 Å². The number of rotatable bonds is 5. The average Bonchev–Trinajstić information content (AvgIpc) is 2.89. The van der Waals surface area contributed by atoms with Crippen LogP contribution in [0, 0.1) is 5.82 Å². The molecule has 1 unspecified atom stereocenters. The van der Waals surface area contributed by atoms with Crippen molar-refractivity contribution in [3.8, 4) is 5.75 Å². The highest BCUT2D eigenvalue weighted by atomic mass is 19.1. The molecule has 0 amide bonds. The quantitative estimate of drug-likeness (QED) is 0.873. The van der Waals surface area contributed by atoms with Crippen molar-refractivity contribution in [1.29, 1.82) is 0 Å². The molecule has 1 N–H and O–H groups in total. The molecule has 0 saturated heterocycles. The van der Waals surface area contributed by atoms with E-state index in [1.54, 1.807) is 6.07 Å². The molecule has 1 aliphatic heterocycles. The molecule has 0 saturated carbocycles. The number of hydrogen-bond acceptors (Lipinski definition) is 3. The van der Waals surface area contributed by atoms with E-state index in [1.165, 1.54) is 13.2 Å². The molecule has 0 fully saturated rings. The number of ether oxygens (including phenoxy) is 2. The van der Waals surface area contributed by atoms with Gasteiger partial charge in [-0.3, -0.25) is 0 Å². The second-order valence-electron chi connectivity index (χ2n) is 4.13. The zero-order chi connectivity index (χ0) is 13.0. The maximum Gasteiger partial charge on any atom is 0.165 e. The smallest absolute Gasteiger partial charge is 0.165 e. The van der Waals surface area contributed by atoms with Crippen molar-refractivity contribution in [2.75, 3.05) is 20.3 Å². The number of halogens is 1. The van der Waals surface area contributed by atoms with Gasteiger partial charge in [0.15, 0.2) is 11.6 Å². The topological polar surface area (TPSA) is 30.5 Å². The van der Waals surface area contributed by atoms with Crippen LogP contribution in [0.1, 0.15) is 24.9 Å². The highest BCUT2D eigenvalue weighted by Gasteiger charge is 2.21. The molecule has 1 aromatic carbocycles. The molecule has 4 heteroatoms. The fraction of sp³-hybridized carbons (Fsp3) is 0.429. The summed E-state index contributed by atoms with van der Waals surface area (Å²) in [6.45, 7) is 3.51. The Balaban J connectivity index is 2.27. The van der Waals surface area contributed by atoms with Gasteiger partial charge in [-0.15, -0.1) is 0 Å². The number of methoxy groups -OCH3 is 1. The molecule has 0 aliphatic carbocycles. The monoisotopic (exact) mass is 251 g/mol. The Kier molecular flexibility index (Phi) is 4.20. The Morgan fingerprint density at radius 1 is 1.50 bits per heavy atom. The first-order chi connectivity index (χ1) is 8.76. The molecule has 1 aliphatic rings. The summed E-state index contributed by atoms with van der Waals surface area (Å²) in [5, 5.41) is 3.30. The molecular formula is C14H18FNO2. The number of nitrogens with one attached hydrogen (secondary N) is 1. The van der Waals surface area contributed by atoms with Crippen LogP contribution in [0.25, 0.3) is 0 Å². The highest BCUT2D eigenvalue weighted by Crippen LogP contribution is 2.29. The zero-order valence-corrected chi connectivity index (χ0v) is 10.7. The van der Waals surface area contributed by atoms with Gasteiger partial charge in [-0.05, 0) is 30.3 Å². The maximum atomic E-state index is 13.7. The van der Waals surface area contributed by atoms with Gasteiger partial charge in [0.1, 0.15) is 5.76 Å². The molecule has 0 radical (unpaired) electrons. The van der Waals surface area contributed by atoms with Gasteiger partial charge in [-0.1, -0.05) is 13.0 Å². The SMILES string of the molecule is CCNC(C1=CCCO1)c1ccc(OC)c(F)c1. The van der Waals surface area contributed by atoms with Gasteiger partial charge in [0.25, 0.3) is 0 Å². The lowest BCUT2D eigenvalue weighted by molar-refractivity contribution is 0.216. The molecule has 1 atom stereocenters. The molecule has 2 rings (SSSR count). The van der Waals surface area contributed by atoms with Gasteiger partial charge in [0, 0.05) is 6.42 Å². The van der Waals surface area contributed by atoms with Crippen LogP contribution >= 0.6 is 0 Å². The van der Waals surface area contributed by atoms with Crippen LogP contribution in [0.4, 0.5) is 4.39 Å². The van der Waals surface area contributed by atoms with Gasteiger partial charge >= 0.3 is 0 Å². The van der Waals surface area contributed by atoms with E-state index in [4.69, 9.17) is 9.47 Å². The van der Waals surface area contributed by atoms with E-state index in [0.717, 1.165) is 24.3 Å². The average molecular weight is 251 g/mol. The second-order valence-corrected chi connectivity index (χ2v) is 4.13. The minimum atomic E-state index is -0.350. The first-order valence-corrected chi connectivity index (χ1v) is 6.16. The third-order valence-corrected chi connectivity index (χ3v) is 2.93. The number of likely N-dealkylation sites (N-methyl/N-ethyl adjacent to an activating group) is 1. The van der Waals surface area contributed by atoms with Crippen molar-refractivity contribution in [1.82, 2.24) is 5.32 Å². The summed E-state index contributed by atoms with van der Waals surface area (Å²) < 4.78 is 24.2.